The number of rotatable bonds is 2. The van der Waals surface area contributed by atoms with Gasteiger partial charge in [0.2, 0.25) is 5.91 Å². The van der Waals surface area contributed by atoms with E-state index in [1.165, 1.54) is 6.92 Å². The first-order valence-electron chi connectivity index (χ1n) is 6.62. The number of carbonyl (C=O) groups is 1. The third-order valence-electron chi connectivity index (χ3n) is 2.91. The number of benzene rings is 1. The van der Waals surface area contributed by atoms with Crippen LogP contribution in [0, 0.1) is 6.92 Å². The minimum absolute atomic E-state index is 0.130. The van der Waals surface area contributed by atoms with Crippen LogP contribution in [0.5, 0.6) is 0 Å². The van der Waals surface area contributed by atoms with Gasteiger partial charge in [0.05, 0.1) is 11.4 Å². The molecule has 0 fully saturated rings. The van der Waals surface area contributed by atoms with Gasteiger partial charge in [-0.1, -0.05) is 12.1 Å². The molecule has 108 valence electrons. The summed E-state index contributed by atoms with van der Waals surface area (Å²) in [5.74, 6) is 0.934. The SMILES string of the molecule is CC(=O)NC(C)=Nc1ccc(-c2cccc(N)n2)cc1C. The van der Waals surface area contributed by atoms with Gasteiger partial charge in [-0.2, -0.15) is 0 Å². The Balaban J connectivity index is 2.32. The zero-order chi connectivity index (χ0) is 15.4. The maximum absolute atomic E-state index is 11.0. The summed E-state index contributed by atoms with van der Waals surface area (Å²) in [5, 5.41) is 2.65. The van der Waals surface area contributed by atoms with Gasteiger partial charge >= 0.3 is 0 Å². The molecule has 0 aliphatic rings. The van der Waals surface area contributed by atoms with Crippen molar-refractivity contribution in [3.63, 3.8) is 0 Å². The van der Waals surface area contributed by atoms with E-state index in [0.29, 0.717) is 11.7 Å². The molecular weight excluding hydrogens is 264 g/mol. The lowest BCUT2D eigenvalue weighted by Crippen LogP contribution is -2.25. The van der Waals surface area contributed by atoms with Crippen molar-refractivity contribution in [3.05, 3.63) is 42.0 Å². The number of carbonyl (C=O) groups excluding carboxylic acids is 1. The lowest BCUT2D eigenvalue weighted by Gasteiger charge is -2.07. The highest BCUT2D eigenvalue weighted by Gasteiger charge is 2.04. The Kier molecular flexibility index (Phi) is 4.33. The predicted molar refractivity (Wildman–Crippen MR) is 85.4 cm³/mol. The third-order valence-corrected chi connectivity index (χ3v) is 2.91. The van der Waals surface area contributed by atoms with Crippen molar-refractivity contribution in [3.8, 4) is 11.3 Å². The summed E-state index contributed by atoms with van der Waals surface area (Å²) in [6, 6.07) is 11.4. The number of nitrogen functional groups attached to an aromatic ring is 1. The Morgan fingerprint density at radius 3 is 2.62 bits per heavy atom. The number of anilines is 1. The van der Waals surface area contributed by atoms with Crippen LogP contribution in [0.25, 0.3) is 11.3 Å². The van der Waals surface area contributed by atoms with Gasteiger partial charge in [-0.15, -0.1) is 0 Å². The van der Waals surface area contributed by atoms with E-state index in [-0.39, 0.29) is 5.91 Å². The number of aryl methyl sites for hydroxylation is 1. The number of aromatic nitrogens is 1. The third kappa shape index (κ3) is 3.89. The molecule has 5 nitrogen and oxygen atoms in total. The second kappa shape index (κ2) is 6.17. The zero-order valence-electron chi connectivity index (χ0n) is 12.3. The van der Waals surface area contributed by atoms with Crippen molar-refractivity contribution < 1.29 is 4.79 Å². The zero-order valence-corrected chi connectivity index (χ0v) is 12.3. The molecule has 2 aromatic rings. The Morgan fingerprint density at radius 2 is 2.00 bits per heavy atom. The van der Waals surface area contributed by atoms with Crippen molar-refractivity contribution in [1.82, 2.24) is 10.3 Å². The molecule has 21 heavy (non-hydrogen) atoms. The Bertz CT molecular complexity index is 707. The number of nitrogens with two attached hydrogens (primary N) is 1. The van der Waals surface area contributed by atoms with Gasteiger partial charge in [0.1, 0.15) is 11.7 Å². The van der Waals surface area contributed by atoms with Crippen molar-refractivity contribution in [2.45, 2.75) is 20.8 Å². The topological polar surface area (TPSA) is 80.4 Å². The molecule has 5 heteroatoms. The monoisotopic (exact) mass is 282 g/mol. The number of amidine groups is 1. The lowest BCUT2D eigenvalue weighted by molar-refractivity contribution is -0.117. The van der Waals surface area contributed by atoms with Gasteiger partial charge < -0.3 is 11.1 Å². The predicted octanol–water partition coefficient (Wildman–Crippen LogP) is 2.83. The molecule has 0 aliphatic carbocycles. The van der Waals surface area contributed by atoms with Gasteiger partial charge in [0.15, 0.2) is 0 Å². The Morgan fingerprint density at radius 1 is 1.24 bits per heavy atom. The number of hydrogen-bond donors (Lipinski definition) is 2. The van der Waals surface area contributed by atoms with Gasteiger partial charge in [0, 0.05) is 12.5 Å². The normalized spacial score (nSPS) is 11.3. The van der Waals surface area contributed by atoms with E-state index >= 15 is 0 Å². The number of hydrogen-bond acceptors (Lipinski definition) is 4. The average molecular weight is 282 g/mol. The molecule has 1 heterocycles. The first-order valence-corrected chi connectivity index (χ1v) is 6.62. The molecule has 0 bridgehead atoms. The van der Waals surface area contributed by atoms with Crippen molar-refractivity contribution >= 4 is 23.2 Å². The summed E-state index contributed by atoms with van der Waals surface area (Å²) in [4.78, 5) is 19.7. The standard InChI is InChI=1S/C16H18N4O/c1-10-9-13(15-5-4-6-16(17)20-15)7-8-14(10)19-11(2)18-12(3)21/h4-9H,1-3H3,(H2,17,20)(H,18,19,21). The van der Waals surface area contributed by atoms with Gasteiger partial charge in [-0.05, 0) is 43.7 Å². The summed E-state index contributed by atoms with van der Waals surface area (Å²) in [6.07, 6.45) is 0. The maximum Gasteiger partial charge on any atom is 0.222 e. The van der Waals surface area contributed by atoms with Crippen LogP contribution in [-0.2, 0) is 4.79 Å². The summed E-state index contributed by atoms with van der Waals surface area (Å²) in [7, 11) is 0. The summed E-state index contributed by atoms with van der Waals surface area (Å²) < 4.78 is 0. The number of amides is 1. The van der Waals surface area contributed by atoms with Crippen LogP contribution in [0.2, 0.25) is 0 Å². The smallest absolute Gasteiger partial charge is 0.222 e. The average Bonchev–Trinajstić information content (AvgIpc) is 2.40. The van der Waals surface area contributed by atoms with Crippen LogP contribution in [0.4, 0.5) is 11.5 Å². The summed E-state index contributed by atoms with van der Waals surface area (Å²) in [6.45, 7) is 5.18. The van der Waals surface area contributed by atoms with Crippen LogP contribution in [0.3, 0.4) is 0 Å². The molecular formula is C16H18N4O. The Labute approximate surface area is 123 Å². The highest BCUT2D eigenvalue weighted by Crippen LogP contribution is 2.25. The Hall–Kier alpha value is -2.69. The number of nitrogens with one attached hydrogen (secondary N) is 1. The fourth-order valence-corrected chi connectivity index (χ4v) is 2.02. The second-order valence-electron chi connectivity index (χ2n) is 4.83. The lowest BCUT2D eigenvalue weighted by atomic mass is 10.1. The van der Waals surface area contributed by atoms with Crippen LogP contribution < -0.4 is 11.1 Å². The maximum atomic E-state index is 11.0. The molecule has 0 aliphatic heterocycles. The minimum Gasteiger partial charge on any atom is -0.384 e. The fourth-order valence-electron chi connectivity index (χ4n) is 2.02. The first-order chi connectivity index (χ1) is 9.95. The largest absolute Gasteiger partial charge is 0.384 e. The van der Waals surface area contributed by atoms with Crippen LogP contribution in [-0.4, -0.2) is 16.7 Å². The highest BCUT2D eigenvalue weighted by molar-refractivity contribution is 5.97. The van der Waals surface area contributed by atoms with Gasteiger partial charge in [-0.25, -0.2) is 9.98 Å². The van der Waals surface area contributed by atoms with Crippen LogP contribution >= 0.6 is 0 Å². The second-order valence-corrected chi connectivity index (χ2v) is 4.83. The molecule has 1 amide bonds. The van der Waals surface area contributed by atoms with Crippen molar-refractivity contribution in [1.29, 1.82) is 0 Å². The van der Waals surface area contributed by atoms with Crippen molar-refractivity contribution in [2.75, 3.05) is 5.73 Å². The minimum atomic E-state index is -0.130. The fraction of sp³-hybridized carbons (Fsp3) is 0.188. The quantitative estimate of drug-likeness (QED) is 0.656. The number of nitrogens with zero attached hydrogens (tertiary/aromatic N) is 2. The molecule has 0 saturated heterocycles. The number of pyridine rings is 1. The highest BCUT2D eigenvalue weighted by atomic mass is 16.1. The first kappa shape index (κ1) is 14.7. The van der Waals surface area contributed by atoms with E-state index in [4.69, 9.17) is 5.73 Å². The summed E-state index contributed by atoms with van der Waals surface area (Å²) >= 11 is 0. The van der Waals surface area contributed by atoms with Gasteiger partial charge in [-0.3, -0.25) is 4.79 Å². The van der Waals surface area contributed by atoms with Gasteiger partial charge in [0.25, 0.3) is 0 Å². The number of aliphatic imine (C=N–C) groups is 1. The van der Waals surface area contributed by atoms with E-state index in [1.807, 2.05) is 37.3 Å². The molecule has 0 unspecified atom stereocenters. The molecule has 0 spiro atoms. The van der Waals surface area contributed by atoms with Crippen LogP contribution in [0.15, 0.2) is 41.4 Å². The molecule has 0 radical (unpaired) electrons. The van der Waals surface area contributed by atoms with E-state index < -0.39 is 0 Å². The van der Waals surface area contributed by atoms with E-state index in [0.717, 1.165) is 22.5 Å². The molecule has 0 atom stereocenters. The molecule has 1 aromatic carbocycles. The van der Waals surface area contributed by atoms with E-state index in [1.54, 1.807) is 13.0 Å². The van der Waals surface area contributed by atoms with Crippen LogP contribution in [0.1, 0.15) is 19.4 Å². The molecule has 3 N–H and O–H groups in total. The van der Waals surface area contributed by atoms with E-state index in [2.05, 4.69) is 15.3 Å². The summed E-state index contributed by atoms with van der Waals surface area (Å²) in [5.41, 5.74) is 9.33. The molecule has 1 aromatic heterocycles. The van der Waals surface area contributed by atoms with Crippen molar-refractivity contribution in [2.24, 2.45) is 4.99 Å². The molecule has 2 rings (SSSR count). The molecule has 0 saturated carbocycles. The van der Waals surface area contributed by atoms with E-state index in [9.17, 15) is 4.79 Å².